The van der Waals surface area contributed by atoms with E-state index in [0.29, 0.717) is 11.6 Å². The minimum Gasteiger partial charge on any atom is -0.497 e. The summed E-state index contributed by atoms with van der Waals surface area (Å²) in [6.45, 7) is 2.66. The minimum absolute atomic E-state index is 0.0677. The molecule has 7 heteroatoms. The number of ether oxygens (including phenoxy) is 2. The van der Waals surface area contributed by atoms with Gasteiger partial charge in [-0.15, -0.1) is 11.3 Å². The molecule has 0 fully saturated rings. The predicted octanol–water partition coefficient (Wildman–Crippen LogP) is 3.90. The number of fused-ring (bicyclic) bond motifs is 1. The zero-order chi connectivity index (χ0) is 20.9. The number of hydrogen-bond acceptors (Lipinski definition) is 6. The Labute approximate surface area is 180 Å². The molecule has 156 valence electrons. The molecule has 1 amide bonds. The van der Waals surface area contributed by atoms with Crippen LogP contribution in [0.4, 0.5) is 5.13 Å². The number of nitrogens with zero attached hydrogens (tertiary/aromatic N) is 2. The van der Waals surface area contributed by atoms with Gasteiger partial charge in [0.15, 0.2) is 5.13 Å². The molecular formula is C23H25N3O3S. The van der Waals surface area contributed by atoms with Gasteiger partial charge in [0.1, 0.15) is 11.5 Å². The van der Waals surface area contributed by atoms with Crippen molar-refractivity contribution in [3.05, 3.63) is 70.2 Å². The van der Waals surface area contributed by atoms with Gasteiger partial charge in [-0.05, 0) is 47.4 Å². The first kappa shape index (κ1) is 20.4. The molecule has 6 nitrogen and oxygen atoms in total. The number of benzene rings is 2. The van der Waals surface area contributed by atoms with E-state index in [4.69, 9.17) is 9.47 Å². The predicted molar refractivity (Wildman–Crippen MR) is 118 cm³/mol. The highest BCUT2D eigenvalue weighted by Crippen LogP contribution is 2.25. The number of nitrogens with one attached hydrogen (secondary N) is 1. The molecule has 30 heavy (non-hydrogen) atoms. The molecule has 0 saturated carbocycles. The first-order valence-electron chi connectivity index (χ1n) is 9.88. The van der Waals surface area contributed by atoms with Gasteiger partial charge < -0.3 is 14.8 Å². The van der Waals surface area contributed by atoms with Gasteiger partial charge in [-0.1, -0.05) is 18.2 Å². The summed E-state index contributed by atoms with van der Waals surface area (Å²) in [5, 5.41) is 5.57. The summed E-state index contributed by atoms with van der Waals surface area (Å²) in [5.41, 5.74) is 4.62. The molecule has 0 aliphatic carbocycles. The molecule has 0 unspecified atom stereocenters. The lowest BCUT2D eigenvalue weighted by molar-refractivity contribution is -0.115. The molecule has 3 aromatic rings. The van der Waals surface area contributed by atoms with Crippen LogP contribution in [-0.2, 0) is 30.7 Å². The number of amides is 1. The van der Waals surface area contributed by atoms with E-state index in [-0.39, 0.29) is 5.91 Å². The highest BCUT2D eigenvalue weighted by atomic mass is 32.1. The van der Waals surface area contributed by atoms with Crippen LogP contribution in [0.5, 0.6) is 11.5 Å². The fourth-order valence-electron chi connectivity index (χ4n) is 3.61. The summed E-state index contributed by atoms with van der Waals surface area (Å²) in [6.07, 6.45) is 1.31. The van der Waals surface area contributed by atoms with Crippen LogP contribution in [0.3, 0.4) is 0 Å². The monoisotopic (exact) mass is 423 g/mol. The van der Waals surface area contributed by atoms with E-state index < -0.39 is 0 Å². The van der Waals surface area contributed by atoms with Gasteiger partial charge >= 0.3 is 0 Å². The van der Waals surface area contributed by atoms with Crippen molar-refractivity contribution in [3.63, 3.8) is 0 Å². The quantitative estimate of drug-likeness (QED) is 0.624. The summed E-state index contributed by atoms with van der Waals surface area (Å²) < 4.78 is 10.5. The highest BCUT2D eigenvalue weighted by Gasteiger charge is 2.18. The normalized spacial score (nSPS) is 13.5. The Balaban J connectivity index is 1.31. The maximum atomic E-state index is 12.3. The van der Waals surface area contributed by atoms with Gasteiger partial charge in [-0.3, -0.25) is 9.69 Å². The van der Waals surface area contributed by atoms with Crippen molar-refractivity contribution in [2.24, 2.45) is 0 Å². The van der Waals surface area contributed by atoms with E-state index in [1.165, 1.54) is 22.5 Å². The number of thiazole rings is 1. The third kappa shape index (κ3) is 4.98. The van der Waals surface area contributed by atoms with Crippen LogP contribution in [0.2, 0.25) is 0 Å². The Hall–Kier alpha value is -2.90. The molecule has 0 atom stereocenters. The zero-order valence-electron chi connectivity index (χ0n) is 17.2. The van der Waals surface area contributed by atoms with Gasteiger partial charge in [0.2, 0.25) is 5.91 Å². The Morgan fingerprint density at radius 1 is 1.10 bits per heavy atom. The molecule has 1 aliphatic heterocycles. The highest BCUT2D eigenvalue weighted by molar-refractivity contribution is 7.13. The minimum atomic E-state index is -0.0677. The molecule has 1 N–H and O–H groups in total. The average Bonchev–Trinajstić information content (AvgIpc) is 3.20. The SMILES string of the molecule is COc1ccc(CC(=O)Nc2nc(CN3CCc4cc(OC)ccc4C3)cs2)cc1. The molecule has 4 rings (SSSR count). The first-order chi connectivity index (χ1) is 14.6. The number of carbonyl (C=O) groups excluding carboxylic acids is 1. The molecule has 1 aromatic heterocycles. The molecule has 0 saturated heterocycles. The molecule has 0 spiro atoms. The van der Waals surface area contributed by atoms with Gasteiger partial charge in [0, 0.05) is 25.0 Å². The van der Waals surface area contributed by atoms with E-state index in [0.717, 1.165) is 48.8 Å². The van der Waals surface area contributed by atoms with E-state index in [2.05, 4.69) is 27.3 Å². The number of anilines is 1. The van der Waals surface area contributed by atoms with E-state index in [1.807, 2.05) is 35.7 Å². The number of hydrogen-bond donors (Lipinski definition) is 1. The second-order valence-electron chi connectivity index (χ2n) is 7.31. The fraction of sp³-hybridized carbons (Fsp3) is 0.304. The summed E-state index contributed by atoms with van der Waals surface area (Å²) in [7, 11) is 3.33. The number of carbonyl (C=O) groups is 1. The van der Waals surface area contributed by atoms with Crippen molar-refractivity contribution in [2.45, 2.75) is 25.9 Å². The van der Waals surface area contributed by atoms with Crippen molar-refractivity contribution < 1.29 is 14.3 Å². The standard InChI is InChI=1S/C23H25N3O3S/c1-28-20-6-3-16(4-7-20)11-22(27)25-23-24-19(15-30-23)14-26-10-9-17-12-21(29-2)8-5-18(17)13-26/h3-8,12,15H,9-11,13-14H2,1-2H3,(H,24,25,27). The molecule has 2 aromatic carbocycles. The Morgan fingerprint density at radius 3 is 2.63 bits per heavy atom. The van der Waals surface area contributed by atoms with Crippen molar-refractivity contribution in [1.82, 2.24) is 9.88 Å². The Morgan fingerprint density at radius 2 is 1.87 bits per heavy atom. The van der Waals surface area contributed by atoms with Crippen LogP contribution >= 0.6 is 11.3 Å². The van der Waals surface area contributed by atoms with Crippen LogP contribution in [0, 0.1) is 0 Å². The van der Waals surface area contributed by atoms with Gasteiger partial charge in [0.25, 0.3) is 0 Å². The zero-order valence-corrected chi connectivity index (χ0v) is 18.0. The maximum absolute atomic E-state index is 12.3. The van der Waals surface area contributed by atoms with Crippen molar-refractivity contribution in [2.75, 3.05) is 26.1 Å². The van der Waals surface area contributed by atoms with E-state index in [1.54, 1.807) is 14.2 Å². The third-order valence-electron chi connectivity index (χ3n) is 5.21. The third-order valence-corrected chi connectivity index (χ3v) is 6.02. The van der Waals surface area contributed by atoms with Crippen LogP contribution < -0.4 is 14.8 Å². The first-order valence-corrected chi connectivity index (χ1v) is 10.8. The van der Waals surface area contributed by atoms with Crippen molar-refractivity contribution >= 4 is 22.4 Å². The summed E-state index contributed by atoms with van der Waals surface area (Å²) in [5.74, 6) is 1.63. The largest absolute Gasteiger partial charge is 0.497 e. The molecular weight excluding hydrogens is 398 g/mol. The lowest BCUT2D eigenvalue weighted by Gasteiger charge is -2.28. The average molecular weight is 424 g/mol. The number of methoxy groups -OCH3 is 2. The van der Waals surface area contributed by atoms with Crippen LogP contribution in [-0.4, -0.2) is 36.6 Å². The van der Waals surface area contributed by atoms with Crippen LogP contribution in [0.25, 0.3) is 0 Å². The summed E-state index contributed by atoms with van der Waals surface area (Å²) >= 11 is 1.47. The lowest BCUT2D eigenvalue weighted by atomic mass is 9.99. The van der Waals surface area contributed by atoms with Crippen LogP contribution in [0.1, 0.15) is 22.4 Å². The van der Waals surface area contributed by atoms with Crippen molar-refractivity contribution in [3.8, 4) is 11.5 Å². The molecule has 1 aliphatic rings. The second kappa shape index (κ2) is 9.28. The van der Waals surface area contributed by atoms with Crippen molar-refractivity contribution in [1.29, 1.82) is 0 Å². The number of aromatic nitrogens is 1. The van der Waals surface area contributed by atoms with Crippen LogP contribution in [0.15, 0.2) is 47.8 Å². The Kier molecular flexibility index (Phi) is 6.30. The second-order valence-corrected chi connectivity index (χ2v) is 8.17. The van der Waals surface area contributed by atoms with Gasteiger partial charge in [0.05, 0.1) is 26.3 Å². The topological polar surface area (TPSA) is 63.7 Å². The van der Waals surface area contributed by atoms with E-state index in [9.17, 15) is 4.79 Å². The van der Waals surface area contributed by atoms with E-state index >= 15 is 0 Å². The smallest absolute Gasteiger partial charge is 0.230 e. The fourth-order valence-corrected chi connectivity index (χ4v) is 4.33. The summed E-state index contributed by atoms with van der Waals surface area (Å²) in [6, 6.07) is 13.8. The van der Waals surface area contributed by atoms with Gasteiger partial charge in [-0.25, -0.2) is 4.98 Å². The molecule has 2 heterocycles. The Bertz CT molecular complexity index is 1020. The lowest BCUT2D eigenvalue weighted by Crippen LogP contribution is -2.30. The molecule has 0 bridgehead atoms. The van der Waals surface area contributed by atoms with Gasteiger partial charge in [-0.2, -0.15) is 0 Å². The molecule has 0 radical (unpaired) electrons. The summed E-state index contributed by atoms with van der Waals surface area (Å²) in [4.78, 5) is 19.3. The maximum Gasteiger partial charge on any atom is 0.230 e. The number of rotatable bonds is 7.